The van der Waals surface area contributed by atoms with Gasteiger partial charge in [-0.15, -0.1) is 0 Å². The van der Waals surface area contributed by atoms with Crippen molar-refractivity contribution in [2.75, 3.05) is 6.61 Å². The number of hydrogen-bond acceptors (Lipinski definition) is 4. The third-order valence-electron chi connectivity index (χ3n) is 4.16. The predicted molar refractivity (Wildman–Crippen MR) is 88.1 cm³/mol. The van der Waals surface area contributed by atoms with Crippen molar-refractivity contribution in [3.63, 3.8) is 0 Å². The van der Waals surface area contributed by atoms with Gasteiger partial charge in [0, 0.05) is 24.6 Å². The Labute approximate surface area is 142 Å². The number of hydrogen-bond donors (Lipinski definition) is 2. The molecule has 2 rings (SSSR count). The van der Waals surface area contributed by atoms with Crippen LogP contribution in [0.5, 0.6) is 5.75 Å². The maximum absolute atomic E-state index is 13.6. The fourth-order valence-corrected chi connectivity index (χ4v) is 2.90. The van der Waals surface area contributed by atoms with Gasteiger partial charge in [-0.05, 0) is 38.7 Å². The summed E-state index contributed by atoms with van der Waals surface area (Å²) in [4.78, 5) is 11.0. The topological polar surface area (TPSA) is 67.8 Å². The molecule has 134 valence electrons. The van der Waals surface area contributed by atoms with E-state index in [1.807, 2.05) is 6.92 Å². The number of halogens is 1. The molecule has 5 nitrogen and oxygen atoms in total. The summed E-state index contributed by atoms with van der Waals surface area (Å²) in [5.41, 5.74) is 0.454. The summed E-state index contributed by atoms with van der Waals surface area (Å²) < 4.78 is 25.3. The van der Waals surface area contributed by atoms with Crippen molar-refractivity contribution in [2.24, 2.45) is 0 Å². The minimum absolute atomic E-state index is 0.00828. The molecule has 1 fully saturated rings. The first-order chi connectivity index (χ1) is 11.4. The fraction of sp³-hybridized carbons (Fsp3) is 0.611. The minimum Gasteiger partial charge on any atom is -0.508 e. The fourth-order valence-electron chi connectivity index (χ4n) is 2.90. The summed E-state index contributed by atoms with van der Waals surface area (Å²) in [7, 11) is 0. The third kappa shape index (κ3) is 6.09. The number of benzene rings is 1. The van der Waals surface area contributed by atoms with Gasteiger partial charge in [-0.25, -0.2) is 4.39 Å². The number of amides is 1. The number of rotatable bonds is 7. The normalized spacial score (nSPS) is 22.1. The molecule has 0 unspecified atom stereocenters. The van der Waals surface area contributed by atoms with Crippen LogP contribution in [0.4, 0.5) is 4.39 Å². The molecule has 6 heteroatoms. The molecule has 0 aromatic heterocycles. The molecule has 1 atom stereocenters. The molecule has 1 aliphatic rings. The van der Waals surface area contributed by atoms with Crippen LogP contribution in [-0.2, 0) is 20.9 Å². The highest BCUT2D eigenvalue weighted by molar-refractivity contribution is 5.73. The van der Waals surface area contributed by atoms with E-state index < -0.39 is 5.82 Å². The van der Waals surface area contributed by atoms with Gasteiger partial charge in [0.05, 0.1) is 25.4 Å². The quantitative estimate of drug-likeness (QED) is 0.801. The smallest absolute Gasteiger partial charge is 0.217 e. The van der Waals surface area contributed by atoms with Gasteiger partial charge in [0.25, 0.3) is 0 Å². The highest BCUT2D eigenvalue weighted by Gasteiger charge is 2.23. The van der Waals surface area contributed by atoms with Crippen molar-refractivity contribution in [1.82, 2.24) is 5.32 Å². The SMILES string of the molecule is CC(=O)N[C@@H](C)COC1CCC(OCc2ccc(O)cc2F)CC1. The number of phenols is 1. The Morgan fingerprint density at radius 3 is 2.50 bits per heavy atom. The summed E-state index contributed by atoms with van der Waals surface area (Å²) in [5, 5.41) is 12.0. The molecule has 0 saturated heterocycles. The van der Waals surface area contributed by atoms with E-state index in [0.717, 1.165) is 31.7 Å². The van der Waals surface area contributed by atoms with E-state index >= 15 is 0 Å². The number of carbonyl (C=O) groups is 1. The largest absolute Gasteiger partial charge is 0.508 e. The van der Waals surface area contributed by atoms with Crippen LogP contribution in [0.25, 0.3) is 0 Å². The predicted octanol–water partition coefficient (Wildman–Crippen LogP) is 2.90. The van der Waals surface area contributed by atoms with Gasteiger partial charge in [-0.1, -0.05) is 6.07 Å². The highest BCUT2D eigenvalue weighted by Crippen LogP contribution is 2.25. The number of carbonyl (C=O) groups excluding carboxylic acids is 1. The average molecular weight is 339 g/mol. The van der Waals surface area contributed by atoms with Gasteiger partial charge in [-0.3, -0.25) is 4.79 Å². The van der Waals surface area contributed by atoms with Crippen molar-refractivity contribution in [2.45, 2.75) is 64.4 Å². The Bertz CT molecular complexity index is 544. The van der Waals surface area contributed by atoms with E-state index in [4.69, 9.17) is 9.47 Å². The van der Waals surface area contributed by atoms with Gasteiger partial charge < -0.3 is 19.9 Å². The molecule has 0 heterocycles. The van der Waals surface area contributed by atoms with Crippen LogP contribution in [-0.4, -0.2) is 35.9 Å². The monoisotopic (exact) mass is 339 g/mol. The van der Waals surface area contributed by atoms with Gasteiger partial charge >= 0.3 is 0 Å². The first-order valence-electron chi connectivity index (χ1n) is 8.41. The lowest BCUT2D eigenvalue weighted by Gasteiger charge is -2.29. The molecule has 1 aromatic rings. The van der Waals surface area contributed by atoms with E-state index in [1.54, 1.807) is 6.07 Å². The molecule has 1 aliphatic carbocycles. The number of ether oxygens (including phenoxy) is 2. The van der Waals surface area contributed by atoms with Crippen molar-refractivity contribution in [1.29, 1.82) is 0 Å². The first kappa shape index (κ1) is 18.7. The summed E-state index contributed by atoms with van der Waals surface area (Å²) in [6.07, 6.45) is 3.83. The van der Waals surface area contributed by atoms with Gasteiger partial charge in [0.1, 0.15) is 11.6 Å². The van der Waals surface area contributed by atoms with Gasteiger partial charge in [0.15, 0.2) is 0 Å². The first-order valence-corrected chi connectivity index (χ1v) is 8.41. The van der Waals surface area contributed by atoms with Crippen molar-refractivity contribution in [3.8, 4) is 5.75 Å². The van der Waals surface area contributed by atoms with Crippen LogP contribution >= 0.6 is 0 Å². The summed E-state index contributed by atoms with van der Waals surface area (Å²) in [5.74, 6) is -0.578. The second-order valence-corrected chi connectivity index (χ2v) is 6.42. The molecule has 0 spiro atoms. The Morgan fingerprint density at radius 2 is 1.92 bits per heavy atom. The zero-order valence-electron chi connectivity index (χ0n) is 14.3. The Hall–Kier alpha value is -1.66. The molecule has 1 aromatic carbocycles. The molecule has 2 N–H and O–H groups in total. The van der Waals surface area contributed by atoms with Crippen molar-refractivity contribution in [3.05, 3.63) is 29.6 Å². The lowest BCUT2D eigenvalue weighted by Crippen LogP contribution is -2.36. The zero-order valence-corrected chi connectivity index (χ0v) is 14.3. The lowest BCUT2D eigenvalue weighted by atomic mass is 9.95. The molecular formula is C18H26FNO4. The van der Waals surface area contributed by atoms with E-state index in [0.29, 0.717) is 12.2 Å². The summed E-state index contributed by atoms with van der Waals surface area (Å²) in [6, 6.07) is 4.11. The molecule has 1 saturated carbocycles. The van der Waals surface area contributed by atoms with Crippen LogP contribution in [0, 0.1) is 5.82 Å². The molecule has 0 radical (unpaired) electrons. The van der Waals surface area contributed by atoms with Crippen LogP contribution in [0.1, 0.15) is 45.1 Å². The summed E-state index contributed by atoms with van der Waals surface area (Å²) >= 11 is 0. The zero-order chi connectivity index (χ0) is 17.5. The van der Waals surface area contributed by atoms with Gasteiger partial charge in [0.2, 0.25) is 5.91 Å². The van der Waals surface area contributed by atoms with E-state index in [2.05, 4.69) is 5.32 Å². The van der Waals surface area contributed by atoms with Crippen LogP contribution in [0.2, 0.25) is 0 Å². The van der Waals surface area contributed by atoms with Crippen LogP contribution in [0.3, 0.4) is 0 Å². The summed E-state index contributed by atoms with van der Waals surface area (Å²) in [6.45, 7) is 4.13. The Kier molecular flexibility index (Phi) is 6.99. The number of aromatic hydroxyl groups is 1. The standard InChI is InChI=1S/C18H26FNO4/c1-12(20-13(2)21)10-23-16-5-7-17(8-6-16)24-11-14-3-4-15(22)9-18(14)19/h3-4,9,12,16-17,22H,5-8,10-11H2,1-2H3,(H,20,21)/t12-,16?,17?/m0/s1. The van der Waals surface area contributed by atoms with E-state index in [1.165, 1.54) is 13.0 Å². The third-order valence-corrected chi connectivity index (χ3v) is 4.16. The van der Waals surface area contributed by atoms with Crippen LogP contribution < -0.4 is 5.32 Å². The Balaban J connectivity index is 1.66. The molecule has 0 bridgehead atoms. The number of nitrogens with one attached hydrogen (secondary N) is 1. The maximum Gasteiger partial charge on any atom is 0.217 e. The molecular weight excluding hydrogens is 313 g/mol. The van der Waals surface area contributed by atoms with E-state index in [9.17, 15) is 14.3 Å². The number of phenolic OH excluding ortho intramolecular Hbond substituents is 1. The van der Waals surface area contributed by atoms with Crippen LogP contribution in [0.15, 0.2) is 18.2 Å². The molecule has 24 heavy (non-hydrogen) atoms. The molecule has 1 amide bonds. The van der Waals surface area contributed by atoms with E-state index in [-0.39, 0.29) is 36.5 Å². The molecule has 0 aliphatic heterocycles. The maximum atomic E-state index is 13.6. The van der Waals surface area contributed by atoms with Crippen molar-refractivity contribution >= 4 is 5.91 Å². The lowest BCUT2D eigenvalue weighted by molar-refractivity contribution is -0.120. The van der Waals surface area contributed by atoms with Gasteiger partial charge in [-0.2, -0.15) is 0 Å². The second-order valence-electron chi connectivity index (χ2n) is 6.42. The van der Waals surface area contributed by atoms with Crippen molar-refractivity contribution < 1.29 is 23.8 Å². The second kappa shape index (κ2) is 8.99. The Morgan fingerprint density at radius 1 is 1.29 bits per heavy atom. The highest BCUT2D eigenvalue weighted by atomic mass is 19.1. The minimum atomic E-state index is -0.445. The average Bonchev–Trinajstić information content (AvgIpc) is 2.52.